The third-order valence-electron chi connectivity index (χ3n) is 2.27. The first-order chi connectivity index (χ1) is 8.28. The van der Waals surface area contributed by atoms with Crippen LogP contribution >= 0.6 is 0 Å². The van der Waals surface area contributed by atoms with E-state index in [-0.39, 0.29) is 0 Å². The van der Waals surface area contributed by atoms with E-state index in [4.69, 9.17) is 4.52 Å². The summed E-state index contributed by atoms with van der Waals surface area (Å²) in [6.07, 6.45) is 1.77. The summed E-state index contributed by atoms with van der Waals surface area (Å²) < 4.78 is 5.00. The van der Waals surface area contributed by atoms with Crippen molar-refractivity contribution in [3.8, 4) is 0 Å². The number of rotatable bonds is 5. The molecule has 0 atom stereocenters. The summed E-state index contributed by atoms with van der Waals surface area (Å²) >= 11 is 0. The normalized spacial score (nSPS) is 10.2. The summed E-state index contributed by atoms with van der Waals surface area (Å²) in [6, 6.07) is 5.81. The van der Waals surface area contributed by atoms with Crippen LogP contribution in [0.5, 0.6) is 0 Å². The molecule has 0 aliphatic carbocycles. The Morgan fingerprint density at radius 1 is 1.29 bits per heavy atom. The van der Waals surface area contributed by atoms with E-state index in [1.54, 1.807) is 6.20 Å². The summed E-state index contributed by atoms with van der Waals surface area (Å²) in [7, 11) is 0. The fourth-order valence-electron chi connectivity index (χ4n) is 1.51. The van der Waals surface area contributed by atoms with Crippen LogP contribution in [0.4, 0.5) is 11.5 Å². The number of anilines is 2. The highest BCUT2D eigenvalue weighted by Gasteiger charge is 2.00. The lowest BCUT2D eigenvalue weighted by molar-refractivity contribution is 0.391. The lowest BCUT2D eigenvalue weighted by Gasteiger charge is -2.06. The number of aromatic nitrogens is 2. The molecule has 2 N–H and O–H groups in total. The van der Waals surface area contributed by atoms with Gasteiger partial charge in [0.05, 0.1) is 6.54 Å². The first-order valence-corrected chi connectivity index (χ1v) is 5.64. The number of aryl methyl sites for hydroxylation is 1. The summed E-state index contributed by atoms with van der Waals surface area (Å²) in [5.41, 5.74) is 1.90. The maximum Gasteiger partial charge on any atom is 0.133 e. The Balaban J connectivity index is 1.96. The van der Waals surface area contributed by atoms with Gasteiger partial charge in [-0.1, -0.05) is 5.16 Å². The van der Waals surface area contributed by atoms with Crippen LogP contribution < -0.4 is 10.6 Å². The number of hydrogen-bond acceptors (Lipinski definition) is 5. The highest BCUT2D eigenvalue weighted by molar-refractivity contribution is 5.51. The van der Waals surface area contributed by atoms with Crippen molar-refractivity contribution >= 4 is 11.5 Å². The van der Waals surface area contributed by atoms with Crippen LogP contribution in [-0.2, 0) is 6.54 Å². The Morgan fingerprint density at radius 2 is 2.18 bits per heavy atom. The zero-order valence-electron chi connectivity index (χ0n) is 10.0. The smallest absolute Gasteiger partial charge is 0.133 e. The fraction of sp³-hybridized carbons (Fsp3) is 0.333. The standard InChI is InChI=1S/C12H16N4O/c1-3-13-12-7-10(4-5-14-12)15-8-11-6-9(2)17-16-11/h4-7H,3,8H2,1-2H3,(H2,13,14,15). The molecular formula is C12H16N4O. The molecule has 5 heteroatoms. The minimum Gasteiger partial charge on any atom is -0.379 e. The SMILES string of the molecule is CCNc1cc(NCc2cc(C)on2)ccn1. The third-order valence-corrected chi connectivity index (χ3v) is 2.27. The lowest BCUT2D eigenvalue weighted by atomic mass is 10.3. The van der Waals surface area contributed by atoms with Gasteiger partial charge in [0.15, 0.2) is 0 Å². The van der Waals surface area contributed by atoms with Crippen LogP contribution in [0.2, 0.25) is 0 Å². The van der Waals surface area contributed by atoms with Gasteiger partial charge in [-0.05, 0) is 19.9 Å². The molecule has 0 radical (unpaired) electrons. The van der Waals surface area contributed by atoms with E-state index in [0.717, 1.165) is 29.5 Å². The highest BCUT2D eigenvalue weighted by Crippen LogP contribution is 2.13. The second-order valence-electron chi connectivity index (χ2n) is 3.74. The molecule has 0 spiro atoms. The van der Waals surface area contributed by atoms with Crippen molar-refractivity contribution in [1.82, 2.24) is 10.1 Å². The molecule has 2 heterocycles. The Labute approximate surface area is 100 Å². The van der Waals surface area contributed by atoms with E-state index in [1.807, 2.05) is 32.0 Å². The van der Waals surface area contributed by atoms with Crippen LogP contribution in [0.25, 0.3) is 0 Å². The van der Waals surface area contributed by atoms with Gasteiger partial charge in [0, 0.05) is 30.6 Å². The maximum atomic E-state index is 5.00. The van der Waals surface area contributed by atoms with Crippen molar-refractivity contribution in [2.75, 3.05) is 17.2 Å². The first-order valence-electron chi connectivity index (χ1n) is 5.64. The van der Waals surface area contributed by atoms with E-state index in [1.165, 1.54) is 0 Å². The molecular weight excluding hydrogens is 216 g/mol. The molecule has 5 nitrogen and oxygen atoms in total. The topological polar surface area (TPSA) is 63.0 Å². The predicted molar refractivity (Wildman–Crippen MR) is 67.0 cm³/mol. The zero-order valence-corrected chi connectivity index (χ0v) is 10.0. The van der Waals surface area contributed by atoms with Crippen molar-refractivity contribution in [2.24, 2.45) is 0 Å². The van der Waals surface area contributed by atoms with Crippen LogP contribution in [0.15, 0.2) is 28.9 Å². The van der Waals surface area contributed by atoms with E-state index in [0.29, 0.717) is 6.54 Å². The summed E-state index contributed by atoms with van der Waals surface area (Å²) in [4.78, 5) is 4.20. The van der Waals surface area contributed by atoms with Crippen LogP contribution in [0.3, 0.4) is 0 Å². The number of pyridine rings is 1. The van der Waals surface area contributed by atoms with Gasteiger partial charge in [-0.3, -0.25) is 0 Å². The summed E-state index contributed by atoms with van der Waals surface area (Å²) in [6.45, 7) is 5.43. The van der Waals surface area contributed by atoms with Crippen LogP contribution in [0.1, 0.15) is 18.4 Å². The Morgan fingerprint density at radius 3 is 2.88 bits per heavy atom. The molecule has 0 aromatic carbocycles. The molecule has 17 heavy (non-hydrogen) atoms. The average Bonchev–Trinajstić information content (AvgIpc) is 2.74. The van der Waals surface area contributed by atoms with Gasteiger partial charge in [0.2, 0.25) is 0 Å². The van der Waals surface area contributed by atoms with Gasteiger partial charge in [-0.15, -0.1) is 0 Å². The molecule has 2 rings (SSSR count). The molecule has 2 aromatic heterocycles. The predicted octanol–water partition coefficient (Wildman–Crippen LogP) is 2.42. The van der Waals surface area contributed by atoms with Gasteiger partial charge in [0.25, 0.3) is 0 Å². The molecule has 0 aliphatic heterocycles. The molecule has 0 bridgehead atoms. The average molecular weight is 232 g/mol. The Bertz CT molecular complexity index is 481. The highest BCUT2D eigenvalue weighted by atomic mass is 16.5. The van der Waals surface area contributed by atoms with Crippen molar-refractivity contribution < 1.29 is 4.52 Å². The molecule has 0 aliphatic rings. The van der Waals surface area contributed by atoms with Gasteiger partial charge in [-0.2, -0.15) is 0 Å². The third kappa shape index (κ3) is 3.21. The van der Waals surface area contributed by atoms with Crippen molar-refractivity contribution in [1.29, 1.82) is 0 Å². The van der Waals surface area contributed by atoms with E-state index < -0.39 is 0 Å². The fourth-order valence-corrected chi connectivity index (χ4v) is 1.51. The monoisotopic (exact) mass is 232 g/mol. The molecule has 0 saturated heterocycles. The molecule has 0 fully saturated rings. The lowest BCUT2D eigenvalue weighted by Crippen LogP contribution is -2.02. The van der Waals surface area contributed by atoms with Gasteiger partial charge >= 0.3 is 0 Å². The van der Waals surface area contributed by atoms with E-state index in [2.05, 4.69) is 20.8 Å². The van der Waals surface area contributed by atoms with Crippen molar-refractivity contribution in [3.05, 3.63) is 35.9 Å². The molecule has 0 saturated carbocycles. The van der Waals surface area contributed by atoms with Crippen LogP contribution in [0, 0.1) is 6.92 Å². The Hall–Kier alpha value is -2.04. The van der Waals surface area contributed by atoms with Crippen molar-refractivity contribution in [2.45, 2.75) is 20.4 Å². The number of nitrogens with zero attached hydrogens (tertiary/aromatic N) is 2. The summed E-state index contributed by atoms with van der Waals surface area (Å²) in [5, 5.41) is 10.4. The van der Waals surface area contributed by atoms with Gasteiger partial charge in [-0.25, -0.2) is 4.98 Å². The van der Waals surface area contributed by atoms with Gasteiger partial charge in [0.1, 0.15) is 17.3 Å². The second-order valence-corrected chi connectivity index (χ2v) is 3.74. The second kappa shape index (κ2) is 5.34. The van der Waals surface area contributed by atoms with Crippen molar-refractivity contribution in [3.63, 3.8) is 0 Å². The zero-order chi connectivity index (χ0) is 12.1. The molecule has 0 amide bonds. The van der Waals surface area contributed by atoms with E-state index >= 15 is 0 Å². The first kappa shape index (κ1) is 11.4. The minimum atomic E-state index is 0.646. The molecule has 2 aromatic rings. The van der Waals surface area contributed by atoms with Gasteiger partial charge < -0.3 is 15.2 Å². The maximum absolute atomic E-state index is 5.00. The minimum absolute atomic E-state index is 0.646. The molecule has 90 valence electrons. The Kier molecular flexibility index (Phi) is 3.59. The summed E-state index contributed by atoms with van der Waals surface area (Å²) in [5.74, 6) is 1.69. The molecule has 0 unspecified atom stereocenters. The quantitative estimate of drug-likeness (QED) is 0.829. The number of nitrogens with one attached hydrogen (secondary N) is 2. The van der Waals surface area contributed by atoms with E-state index in [9.17, 15) is 0 Å². The largest absolute Gasteiger partial charge is 0.379 e. The van der Waals surface area contributed by atoms with Crippen LogP contribution in [-0.4, -0.2) is 16.7 Å². The number of hydrogen-bond donors (Lipinski definition) is 2.